The third-order valence-corrected chi connectivity index (χ3v) is 6.20. The van der Waals surface area contributed by atoms with Crippen LogP contribution in [0.15, 0.2) is 0 Å². The summed E-state index contributed by atoms with van der Waals surface area (Å²) >= 11 is 0. The first-order valence-corrected chi connectivity index (χ1v) is 11.1. The Labute approximate surface area is 197 Å². The Bertz CT molecular complexity index is 808. The predicted molar refractivity (Wildman–Crippen MR) is 116 cm³/mol. The van der Waals surface area contributed by atoms with Crippen molar-refractivity contribution in [1.82, 2.24) is 19.6 Å². The monoisotopic (exact) mass is 478 g/mol. The molecule has 2 saturated heterocycles. The summed E-state index contributed by atoms with van der Waals surface area (Å²) in [5, 5.41) is 0. The van der Waals surface area contributed by atoms with Gasteiger partial charge in [0.15, 0.2) is 23.4 Å². The predicted octanol–water partition coefficient (Wildman–Crippen LogP) is 0.579. The van der Waals surface area contributed by atoms with Gasteiger partial charge in [-0.1, -0.05) is 25.7 Å². The molecule has 0 unspecified atom stereocenters. The molecule has 0 saturated carbocycles. The van der Waals surface area contributed by atoms with Crippen LogP contribution in [0.1, 0.15) is 51.4 Å². The van der Waals surface area contributed by atoms with Crippen LogP contribution in [0.3, 0.4) is 0 Å². The van der Waals surface area contributed by atoms with Crippen molar-refractivity contribution in [3.63, 3.8) is 0 Å². The van der Waals surface area contributed by atoms with Gasteiger partial charge < -0.3 is 0 Å². The summed E-state index contributed by atoms with van der Waals surface area (Å²) in [6.45, 7) is 0. The molecule has 2 heterocycles. The summed E-state index contributed by atoms with van der Waals surface area (Å²) in [7, 11) is 4.92. The van der Waals surface area contributed by atoms with Gasteiger partial charge in [-0.25, -0.2) is 9.59 Å². The van der Waals surface area contributed by atoms with E-state index in [0.717, 1.165) is 32.4 Å². The van der Waals surface area contributed by atoms with Crippen LogP contribution in [-0.2, 0) is 28.8 Å². The minimum absolute atomic E-state index is 0.0438. The number of imide groups is 4. The van der Waals surface area contributed by atoms with Crippen molar-refractivity contribution in [2.75, 3.05) is 28.2 Å². The van der Waals surface area contributed by atoms with Gasteiger partial charge in [-0.05, 0) is 12.8 Å². The highest BCUT2D eigenvalue weighted by Crippen LogP contribution is 2.21. The number of rotatable bonds is 11. The van der Waals surface area contributed by atoms with E-state index in [2.05, 4.69) is 0 Å². The molecule has 0 N–H and O–H groups in total. The van der Waals surface area contributed by atoms with E-state index in [1.165, 1.54) is 28.2 Å². The molecule has 8 amide bonds. The SMILES string of the molecule is CN1C(=O)C(C(=O)CCCCCCCCC(=O)C2C(=O)N(C)C(=O)N(C)C2=O)C(=O)N(C)C1=O. The maximum absolute atomic E-state index is 12.4. The summed E-state index contributed by atoms with van der Waals surface area (Å²) in [5.41, 5.74) is 0. The van der Waals surface area contributed by atoms with Gasteiger partial charge in [0.25, 0.3) is 23.6 Å². The number of nitrogens with zero attached hydrogens (tertiary/aromatic N) is 4. The molecule has 0 aliphatic carbocycles. The number of ketones is 2. The van der Waals surface area contributed by atoms with Gasteiger partial charge in [-0.15, -0.1) is 0 Å². The van der Waals surface area contributed by atoms with E-state index in [4.69, 9.17) is 0 Å². The van der Waals surface area contributed by atoms with E-state index in [1.54, 1.807) is 0 Å². The van der Waals surface area contributed by atoms with Crippen LogP contribution in [0.5, 0.6) is 0 Å². The molecule has 12 nitrogen and oxygen atoms in total. The minimum atomic E-state index is -1.47. The van der Waals surface area contributed by atoms with Crippen LogP contribution >= 0.6 is 0 Å². The third-order valence-electron chi connectivity index (χ3n) is 6.20. The summed E-state index contributed by atoms with van der Waals surface area (Å²) in [6, 6.07) is -1.52. The minimum Gasteiger partial charge on any atom is -0.298 e. The Balaban J connectivity index is 1.67. The molecule has 2 rings (SSSR count). The second-order valence-corrected chi connectivity index (χ2v) is 8.57. The van der Waals surface area contributed by atoms with Gasteiger partial charge in [0.1, 0.15) is 0 Å². The number of carbonyl (C=O) groups is 8. The number of amides is 8. The molecule has 0 aromatic rings. The number of urea groups is 2. The van der Waals surface area contributed by atoms with Gasteiger partial charge in [0.2, 0.25) is 0 Å². The Hall–Kier alpha value is -3.44. The Morgan fingerprint density at radius 2 is 0.735 bits per heavy atom. The molecule has 2 aliphatic heterocycles. The van der Waals surface area contributed by atoms with E-state index in [0.29, 0.717) is 25.7 Å². The van der Waals surface area contributed by atoms with Crippen LogP contribution in [0.25, 0.3) is 0 Å². The van der Waals surface area contributed by atoms with Crippen molar-refractivity contribution in [2.45, 2.75) is 51.4 Å². The number of Topliss-reactive ketones (excluding diaryl/α,β-unsaturated/α-hetero) is 2. The summed E-state index contributed by atoms with van der Waals surface area (Å²) in [4.78, 5) is 99.9. The van der Waals surface area contributed by atoms with Gasteiger partial charge in [0.05, 0.1) is 0 Å². The number of barbiturate groups is 2. The largest absolute Gasteiger partial charge is 0.332 e. The standard InChI is InChI=1S/C22H30N4O8/c1-23-17(29)15(18(30)24(2)21(23)33)13(27)11-9-7-5-6-8-10-12-14(28)16-19(31)25(3)22(34)26(4)20(16)32/h15-16H,5-12H2,1-4H3. The number of hydrogen-bond donors (Lipinski definition) is 0. The van der Waals surface area contributed by atoms with Gasteiger partial charge in [0, 0.05) is 41.0 Å². The first-order valence-electron chi connectivity index (χ1n) is 11.1. The molecule has 0 spiro atoms. The van der Waals surface area contributed by atoms with Crippen molar-refractivity contribution in [2.24, 2.45) is 11.8 Å². The Morgan fingerprint density at radius 3 is 1.00 bits per heavy atom. The first kappa shape index (κ1) is 26.8. The lowest BCUT2D eigenvalue weighted by atomic mass is 9.93. The Morgan fingerprint density at radius 1 is 0.500 bits per heavy atom. The van der Waals surface area contributed by atoms with Crippen LogP contribution in [-0.4, -0.2) is 95.0 Å². The number of unbranched alkanes of at least 4 members (excludes halogenated alkanes) is 5. The molecule has 0 radical (unpaired) electrons. The van der Waals surface area contributed by atoms with E-state index in [9.17, 15) is 38.4 Å². The molecule has 0 bridgehead atoms. The van der Waals surface area contributed by atoms with Crippen molar-refractivity contribution < 1.29 is 38.4 Å². The fraction of sp³-hybridized carbons (Fsp3) is 0.636. The molecule has 0 atom stereocenters. The van der Waals surface area contributed by atoms with Crippen molar-refractivity contribution in [1.29, 1.82) is 0 Å². The number of hydrogen-bond acceptors (Lipinski definition) is 8. The van der Waals surface area contributed by atoms with E-state index in [1.807, 2.05) is 0 Å². The van der Waals surface area contributed by atoms with Gasteiger partial charge in [-0.3, -0.25) is 48.4 Å². The summed E-state index contributed by atoms with van der Waals surface area (Å²) in [6.07, 6.45) is 3.92. The van der Waals surface area contributed by atoms with Crippen LogP contribution in [0, 0.1) is 11.8 Å². The van der Waals surface area contributed by atoms with E-state index >= 15 is 0 Å². The average Bonchev–Trinajstić information content (AvgIpc) is 2.80. The lowest BCUT2D eigenvalue weighted by molar-refractivity contribution is -0.154. The molecule has 186 valence electrons. The fourth-order valence-corrected chi connectivity index (χ4v) is 3.96. The zero-order chi connectivity index (χ0) is 25.7. The molecular formula is C22H30N4O8. The fourth-order valence-electron chi connectivity index (χ4n) is 3.96. The quantitative estimate of drug-likeness (QED) is 0.309. The molecule has 2 aliphatic rings. The zero-order valence-electron chi connectivity index (χ0n) is 19.9. The average molecular weight is 479 g/mol. The van der Waals surface area contributed by atoms with Crippen LogP contribution < -0.4 is 0 Å². The molecular weight excluding hydrogens is 448 g/mol. The Kier molecular flexibility index (Phi) is 8.77. The molecule has 34 heavy (non-hydrogen) atoms. The van der Waals surface area contributed by atoms with Crippen molar-refractivity contribution in [3.8, 4) is 0 Å². The second-order valence-electron chi connectivity index (χ2n) is 8.57. The van der Waals surface area contributed by atoms with E-state index < -0.39 is 59.1 Å². The normalized spacial score (nSPS) is 18.5. The first-order chi connectivity index (χ1) is 15.9. The highest BCUT2D eigenvalue weighted by Gasteiger charge is 2.47. The third kappa shape index (κ3) is 5.37. The highest BCUT2D eigenvalue weighted by molar-refractivity contribution is 6.27. The topological polar surface area (TPSA) is 150 Å². The van der Waals surface area contributed by atoms with Crippen molar-refractivity contribution >= 4 is 47.3 Å². The summed E-state index contributed by atoms with van der Waals surface area (Å²) in [5.74, 6) is -7.20. The zero-order valence-corrected chi connectivity index (χ0v) is 19.9. The maximum atomic E-state index is 12.4. The number of carbonyl (C=O) groups excluding carboxylic acids is 8. The smallest absolute Gasteiger partial charge is 0.298 e. The van der Waals surface area contributed by atoms with Gasteiger partial charge >= 0.3 is 12.1 Å². The lowest BCUT2D eigenvalue weighted by Gasteiger charge is -2.32. The van der Waals surface area contributed by atoms with Crippen LogP contribution in [0.2, 0.25) is 0 Å². The highest BCUT2D eigenvalue weighted by atomic mass is 16.2. The summed E-state index contributed by atoms with van der Waals surface area (Å²) < 4.78 is 0. The molecule has 2 fully saturated rings. The molecule has 12 heteroatoms. The maximum Gasteiger partial charge on any atom is 0.332 e. The second kappa shape index (κ2) is 11.1. The van der Waals surface area contributed by atoms with Crippen LogP contribution in [0.4, 0.5) is 9.59 Å². The van der Waals surface area contributed by atoms with Gasteiger partial charge in [-0.2, -0.15) is 0 Å². The lowest BCUT2D eigenvalue weighted by Crippen LogP contribution is -2.58. The molecule has 0 aromatic carbocycles. The van der Waals surface area contributed by atoms with E-state index in [-0.39, 0.29) is 12.8 Å². The molecule has 0 aromatic heterocycles. The van der Waals surface area contributed by atoms with Crippen molar-refractivity contribution in [3.05, 3.63) is 0 Å².